The van der Waals surface area contributed by atoms with Gasteiger partial charge in [0.1, 0.15) is 5.75 Å². The van der Waals surface area contributed by atoms with Crippen LogP contribution in [0.2, 0.25) is 0 Å². The number of ether oxygens (including phenoxy) is 1. The molecule has 5 nitrogen and oxygen atoms in total. The summed E-state index contributed by atoms with van der Waals surface area (Å²) in [4.78, 5) is 25.8. The van der Waals surface area contributed by atoms with Crippen LogP contribution in [0, 0.1) is 13.8 Å². The highest BCUT2D eigenvalue weighted by molar-refractivity contribution is 6.44. The quantitative estimate of drug-likeness (QED) is 0.820. The molecule has 0 saturated carbocycles. The molecule has 8 heteroatoms. The third kappa shape index (κ3) is 3.51. The number of nitrogens with zero attached hydrogens (tertiary/aromatic N) is 1. The second kappa shape index (κ2) is 6.46. The molecular weight excluding hydrogens is 363 g/mol. The average Bonchev–Trinajstić information content (AvgIpc) is 2.80. The average molecular weight is 377 g/mol. The first-order chi connectivity index (χ1) is 12.6. The molecule has 1 aliphatic heterocycles. The molecule has 0 aliphatic carbocycles. The molecule has 140 valence electrons. The van der Waals surface area contributed by atoms with E-state index in [1.165, 1.54) is 0 Å². The van der Waals surface area contributed by atoms with Crippen molar-refractivity contribution < 1.29 is 32.6 Å². The van der Waals surface area contributed by atoms with Crippen LogP contribution in [0.15, 0.2) is 48.2 Å². The van der Waals surface area contributed by atoms with Crippen molar-refractivity contribution in [2.45, 2.75) is 20.2 Å². The van der Waals surface area contributed by atoms with Crippen LogP contribution in [-0.4, -0.2) is 23.3 Å². The molecule has 0 unspecified atom stereocenters. The zero-order valence-corrected chi connectivity index (χ0v) is 14.3. The highest BCUT2D eigenvalue weighted by Gasteiger charge is 2.40. The van der Waals surface area contributed by atoms with E-state index in [2.05, 4.69) is 4.74 Å². The highest BCUT2D eigenvalue weighted by atomic mass is 19.4. The number of aliphatic hydroxyl groups is 1. The molecule has 0 spiro atoms. The van der Waals surface area contributed by atoms with Crippen LogP contribution in [0.25, 0.3) is 5.57 Å². The number of imide groups is 1. The van der Waals surface area contributed by atoms with Crippen molar-refractivity contribution in [3.8, 4) is 5.75 Å². The lowest BCUT2D eigenvalue weighted by Crippen LogP contribution is -2.31. The van der Waals surface area contributed by atoms with E-state index in [-0.39, 0.29) is 11.3 Å². The topological polar surface area (TPSA) is 66.8 Å². The number of carbonyl (C=O) groups is 2. The zero-order chi connectivity index (χ0) is 19.9. The Morgan fingerprint density at radius 2 is 1.56 bits per heavy atom. The Hall–Kier alpha value is -3.29. The van der Waals surface area contributed by atoms with Crippen molar-refractivity contribution in [1.82, 2.24) is 0 Å². The molecule has 2 aromatic carbocycles. The molecule has 0 atom stereocenters. The predicted molar refractivity (Wildman–Crippen MR) is 91.1 cm³/mol. The maximum Gasteiger partial charge on any atom is 0.573 e. The van der Waals surface area contributed by atoms with Gasteiger partial charge in [0, 0.05) is 0 Å². The van der Waals surface area contributed by atoms with Gasteiger partial charge in [-0.05, 0) is 54.8 Å². The van der Waals surface area contributed by atoms with E-state index in [0.29, 0.717) is 10.5 Å². The summed E-state index contributed by atoms with van der Waals surface area (Å²) >= 11 is 0. The number of hydrogen-bond acceptors (Lipinski definition) is 4. The van der Waals surface area contributed by atoms with Gasteiger partial charge in [0.2, 0.25) is 0 Å². The standard InChI is InChI=1S/C19H14F3NO4/c1-10-3-4-12(9-11(10)2)15-16(24)18(26)23(17(15)25)13-5-7-14(8-6-13)27-19(20,21)22/h3-9,24H,1-2H3. The van der Waals surface area contributed by atoms with E-state index in [4.69, 9.17) is 0 Å². The summed E-state index contributed by atoms with van der Waals surface area (Å²) in [6.07, 6.45) is -4.85. The van der Waals surface area contributed by atoms with Gasteiger partial charge in [-0.3, -0.25) is 9.59 Å². The lowest BCUT2D eigenvalue weighted by molar-refractivity contribution is -0.274. The number of aryl methyl sites for hydroxylation is 2. The molecular formula is C19H14F3NO4. The maximum atomic E-state index is 12.7. The Bertz CT molecular complexity index is 962. The van der Waals surface area contributed by atoms with Gasteiger partial charge in [0.25, 0.3) is 5.91 Å². The van der Waals surface area contributed by atoms with Crippen LogP contribution in [0.1, 0.15) is 16.7 Å². The summed E-state index contributed by atoms with van der Waals surface area (Å²) < 4.78 is 40.5. The first-order valence-electron chi connectivity index (χ1n) is 7.84. The van der Waals surface area contributed by atoms with Crippen LogP contribution < -0.4 is 9.64 Å². The van der Waals surface area contributed by atoms with Crippen molar-refractivity contribution in [3.63, 3.8) is 0 Å². The Labute approximate surface area is 152 Å². The second-order valence-corrected chi connectivity index (χ2v) is 6.01. The molecule has 2 amide bonds. The number of halogens is 3. The monoisotopic (exact) mass is 377 g/mol. The minimum atomic E-state index is -4.85. The van der Waals surface area contributed by atoms with Gasteiger partial charge in [0.15, 0.2) is 5.76 Å². The minimum Gasteiger partial charge on any atom is -0.502 e. The number of rotatable bonds is 3. The molecule has 0 saturated heterocycles. The summed E-state index contributed by atoms with van der Waals surface area (Å²) in [6.45, 7) is 3.71. The third-order valence-corrected chi connectivity index (χ3v) is 4.18. The molecule has 3 rings (SSSR count). The van der Waals surface area contributed by atoms with Crippen molar-refractivity contribution >= 4 is 23.1 Å². The summed E-state index contributed by atoms with van der Waals surface area (Å²) in [5.41, 5.74) is 2.10. The summed E-state index contributed by atoms with van der Waals surface area (Å²) in [7, 11) is 0. The number of alkyl halides is 3. The van der Waals surface area contributed by atoms with Crippen molar-refractivity contribution in [3.05, 3.63) is 64.9 Å². The van der Waals surface area contributed by atoms with Crippen molar-refractivity contribution in [2.75, 3.05) is 4.90 Å². The van der Waals surface area contributed by atoms with E-state index in [1.54, 1.807) is 18.2 Å². The first kappa shape index (κ1) is 18.5. The molecule has 0 bridgehead atoms. The molecule has 2 aromatic rings. The fourth-order valence-electron chi connectivity index (χ4n) is 2.71. The van der Waals surface area contributed by atoms with E-state index in [1.807, 2.05) is 13.8 Å². The fourth-order valence-corrected chi connectivity index (χ4v) is 2.71. The van der Waals surface area contributed by atoms with Gasteiger partial charge in [-0.1, -0.05) is 18.2 Å². The Morgan fingerprint density at radius 3 is 2.11 bits per heavy atom. The predicted octanol–water partition coefficient (Wildman–Crippen LogP) is 4.04. The van der Waals surface area contributed by atoms with E-state index in [0.717, 1.165) is 35.4 Å². The number of benzene rings is 2. The van der Waals surface area contributed by atoms with Crippen LogP contribution in [-0.2, 0) is 9.59 Å². The van der Waals surface area contributed by atoms with Gasteiger partial charge in [-0.15, -0.1) is 13.2 Å². The number of hydrogen-bond donors (Lipinski definition) is 1. The Kier molecular flexibility index (Phi) is 4.43. The van der Waals surface area contributed by atoms with Gasteiger partial charge in [-0.2, -0.15) is 0 Å². The van der Waals surface area contributed by atoms with E-state index in [9.17, 15) is 27.9 Å². The molecule has 27 heavy (non-hydrogen) atoms. The smallest absolute Gasteiger partial charge is 0.502 e. The zero-order valence-electron chi connectivity index (χ0n) is 14.3. The van der Waals surface area contributed by atoms with Crippen molar-refractivity contribution in [2.24, 2.45) is 0 Å². The lowest BCUT2D eigenvalue weighted by Gasteiger charge is -2.16. The van der Waals surface area contributed by atoms with Gasteiger partial charge in [-0.25, -0.2) is 4.90 Å². The van der Waals surface area contributed by atoms with Crippen LogP contribution in [0.4, 0.5) is 18.9 Å². The summed E-state index contributed by atoms with van der Waals surface area (Å²) in [5, 5.41) is 10.2. The van der Waals surface area contributed by atoms with Gasteiger partial charge in [0.05, 0.1) is 11.3 Å². The minimum absolute atomic E-state index is 0.0184. The largest absolute Gasteiger partial charge is 0.573 e. The molecule has 0 fully saturated rings. The number of amides is 2. The molecule has 0 aromatic heterocycles. The van der Waals surface area contributed by atoms with Crippen LogP contribution >= 0.6 is 0 Å². The van der Waals surface area contributed by atoms with Crippen LogP contribution in [0.5, 0.6) is 5.75 Å². The SMILES string of the molecule is Cc1ccc(C2=C(O)C(=O)N(c3ccc(OC(F)(F)F)cc3)C2=O)cc1C. The van der Waals surface area contributed by atoms with Crippen LogP contribution in [0.3, 0.4) is 0 Å². The Morgan fingerprint density at radius 1 is 0.926 bits per heavy atom. The first-order valence-corrected chi connectivity index (χ1v) is 7.84. The number of carbonyl (C=O) groups excluding carboxylic acids is 2. The molecule has 0 radical (unpaired) electrons. The van der Waals surface area contributed by atoms with Gasteiger partial charge < -0.3 is 9.84 Å². The van der Waals surface area contributed by atoms with Gasteiger partial charge >= 0.3 is 12.3 Å². The normalized spacial score (nSPS) is 14.9. The lowest BCUT2D eigenvalue weighted by atomic mass is 10.00. The number of anilines is 1. The molecule has 1 heterocycles. The molecule has 1 N–H and O–H groups in total. The highest BCUT2D eigenvalue weighted by Crippen LogP contribution is 2.33. The maximum absolute atomic E-state index is 12.7. The fraction of sp³-hybridized carbons (Fsp3) is 0.158. The van der Waals surface area contributed by atoms with E-state index >= 15 is 0 Å². The van der Waals surface area contributed by atoms with E-state index < -0.39 is 29.7 Å². The second-order valence-electron chi connectivity index (χ2n) is 6.01. The summed E-state index contributed by atoms with van der Waals surface area (Å²) in [5.74, 6) is -2.90. The summed E-state index contributed by atoms with van der Waals surface area (Å²) in [6, 6.07) is 9.27. The third-order valence-electron chi connectivity index (χ3n) is 4.18. The Balaban J connectivity index is 1.92. The number of aliphatic hydroxyl groups excluding tert-OH is 1. The molecule has 1 aliphatic rings. The van der Waals surface area contributed by atoms with Crippen molar-refractivity contribution in [1.29, 1.82) is 0 Å².